The summed E-state index contributed by atoms with van der Waals surface area (Å²) in [6.45, 7) is 0.380. The van der Waals surface area contributed by atoms with Gasteiger partial charge in [-0.05, 0) is 24.2 Å². The lowest BCUT2D eigenvalue weighted by Crippen LogP contribution is -2.13. The third kappa shape index (κ3) is 2.82. The summed E-state index contributed by atoms with van der Waals surface area (Å²) in [4.78, 5) is 20.8. The first-order valence-electron chi connectivity index (χ1n) is 7.35. The summed E-state index contributed by atoms with van der Waals surface area (Å²) in [5.74, 6) is 2.39. The van der Waals surface area contributed by atoms with Crippen LogP contribution in [0.5, 0.6) is 0 Å². The minimum atomic E-state index is -0.0504. The summed E-state index contributed by atoms with van der Waals surface area (Å²) in [6.07, 6.45) is 2.52. The molecule has 120 valence electrons. The number of ether oxygens (including phenoxy) is 1. The maximum atomic E-state index is 12.5. The zero-order chi connectivity index (χ0) is 15.8. The minimum absolute atomic E-state index is 0.0504. The van der Waals surface area contributed by atoms with E-state index in [9.17, 15) is 4.79 Å². The number of methoxy groups -OCH3 is 1. The fourth-order valence-electron chi connectivity index (χ4n) is 2.75. The zero-order valence-corrected chi connectivity index (χ0v) is 14.2. The van der Waals surface area contributed by atoms with Crippen LogP contribution in [0.15, 0.2) is 19.6 Å². The van der Waals surface area contributed by atoms with Crippen molar-refractivity contribution in [3.05, 3.63) is 39.3 Å². The molecule has 23 heavy (non-hydrogen) atoms. The number of hydrogen-bond acceptors (Lipinski definition) is 7. The van der Waals surface area contributed by atoms with Crippen LogP contribution < -0.4 is 5.56 Å². The first-order chi connectivity index (χ1) is 11.2. The molecule has 0 unspecified atom stereocenters. The molecule has 8 heteroatoms. The topological polar surface area (TPSA) is 81.0 Å². The predicted molar refractivity (Wildman–Crippen MR) is 89.3 cm³/mol. The van der Waals surface area contributed by atoms with Crippen LogP contribution in [0, 0.1) is 0 Å². The SMILES string of the molecule is COCc1cc(Cc2nc3sc4c(c3c(=O)[nH]2)CCCS4)no1. The first kappa shape index (κ1) is 14.9. The van der Waals surface area contributed by atoms with Crippen LogP contribution in [0.1, 0.15) is 29.3 Å². The van der Waals surface area contributed by atoms with Crippen molar-refractivity contribution in [3.63, 3.8) is 0 Å². The van der Waals surface area contributed by atoms with E-state index in [2.05, 4.69) is 15.1 Å². The Kier molecular flexibility index (Phi) is 3.96. The van der Waals surface area contributed by atoms with Gasteiger partial charge in [-0.3, -0.25) is 4.79 Å². The minimum Gasteiger partial charge on any atom is -0.377 e. The molecular weight excluding hydrogens is 334 g/mol. The number of aryl methyl sites for hydroxylation is 1. The highest BCUT2D eigenvalue weighted by atomic mass is 32.2. The van der Waals surface area contributed by atoms with Gasteiger partial charge in [0.25, 0.3) is 5.56 Å². The highest BCUT2D eigenvalue weighted by Crippen LogP contribution is 2.40. The lowest BCUT2D eigenvalue weighted by atomic mass is 10.1. The maximum Gasteiger partial charge on any atom is 0.259 e. The van der Waals surface area contributed by atoms with E-state index in [0.29, 0.717) is 24.6 Å². The molecule has 1 aliphatic rings. The number of nitrogens with one attached hydrogen (secondary N) is 1. The summed E-state index contributed by atoms with van der Waals surface area (Å²) < 4.78 is 11.4. The Morgan fingerprint density at radius 2 is 2.39 bits per heavy atom. The average molecular weight is 349 g/mol. The number of rotatable bonds is 4. The van der Waals surface area contributed by atoms with Crippen molar-refractivity contribution in [1.29, 1.82) is 0 Å². The molecule has 0 bridgehead atoms. The molecule has 6 nitrogen and oxygen atoms in total. The molecule has 1 N–H and O–H groups in total. The second-order valence-electron chi connectivity index (χ2n) is 5.41. The third-order valence-electron chi connectivity index (χ3n) is 3.72. The number of aromatic amines is 1. The molecule has 0 atom stereocenters. The number of H-pyrrole nitrogens is 1. The normalized spacial score (nSPS) is 14.3. The van der Waals surface area contributed by atoms with E-state index >= 15 is 0 Å². The number of nitrogens with zero attached hydrogens (tertiary/aromatic N) is 2. The Balaban J connectivity index is 1.69. The lowest BCUT2D eigenvalue weighted by molar-refractivity contribution is 0.156. The Hall–Kier alpha value is -1.64. The van der Waals surface area contributed by atoms with Crippen molar-refractivity contribution in [2.24, 2.45) is 0 Å². The fraction of sp³-hybridized carbons (Fsp3) is 0.400. The van der Waals surface area contributed by atoms with Gasteiger partial charge in [0, 0.05) is 13.2 Å². The van der Waals surface area contributed by atoms with Crippen LogP contribution in [-0.2, 0) is 24.2 Å². The largest absolute Gasteiger partial charge is 0.377 e. The Morgan fingerprint density at radius 3 is 3.26 bits per heavy atom. The molecular formula is C15H15N3O3S2. The fourth-order valence-corrected chi connectivity index (χ4v) is 5.30. The van der Waals surface area contributed by atoms with Crippen LogP contribution in [0.3, 0.4) is 0 Å². The Morgan fingerprint density at radius 1 is 1.48 bits per heavy atom. The van der Waals surface area contributed by atoms with Gasteiger partial charge in [0.2, 0.25) is 0 Å². The van der Waals surface area contributed by atoms with E-state index in [1.807, 2.05) is 17.8 Å². The van der Waals surface area contributed by atoms with Gasteiger partial charge in [0.05, 0.1) is 21.7 Å². The van der Waals surface area contributed by atoms with Gasteiger partial charge in [0.15, 0.2) is 5.76 Å². The maximum absolute atomic E-state index is 12.5. The van der Waals surface area contributed by atoms with Crippen molar-refractivity contribution in [1.82, 2.24) is 15.1 Å². The second kappa shape index (κ2) is 6.10. The molecule has 3 aromatic heterocycles. The number of aromatic nitrogens is 3. The molecule has 4 heterocycles. The number of thioether (sulfide) groups is 1. The first-order valence-corrected chi connectivity index (χ1v) is 9.15. The molecule has 0 saturated heterocycles. The van der Waals surface area contributed by atoms with E-state index in [-0.39, 0.29) is 5.56 Å². The van der Waals surface area contributed by atoms with Crippen molar-refractivity contribution in [3.8, 4) is 0 Å². The van der Waals surface area contributed by atoms with Crippen molar-refractivity contribution in [2.45, 2.75) is 30.1 Å². The van der Waals surface area contributed by atoms with Crippen LogP contribution in [0.25, 0.3) is 10.2 Å². The van der Waals surface area contributed by atoms with Crippen LogP contribution >= 0.6 is 23.1 Å². The summed E-state index contributed by atoms with van der Waals surface area (Å²) in [5.41, 5.74) is 1.85. The smallest absolute Gasteiger partial charge is 0.259 e. The lowest BCUT2D eigenvalue weighted by Gasteiger charge is -2.09. The van der Waals surface area contributed by atoms with Crippen molar-refractivity contribution in [2.75, 3.05) is 12.9 Å². The van der Waals surface area contributed by atoms with Gasteiger partial charge in [0.1, 0.15) is 17.3 Å². The third-order valence-corrected chi connectivity index (χ3v) is 6.25. The van der Waals surface area contributed by atoms with Crippen molar-refractivity contribution < 1.29 is 9.26 Å². The van der Waals surface area contributed by atoms with E-state index < -0.39 is 0 Å². The summed E-state index contributed by atoms with van der Waals surface area (Å²) in [5, 5.41) is 4.75. The molecule has 3 aromatic rings. The van der Waals surface area contributed by atoms with Gasteiger partial charge in [-0.25, -0.2) is 4.98 Å². The van der Waals surface area contributed by atoms with Gasteiger partial charge >= 0.3 is 0 Å². The number of hydrogen-bond donors (Lipinski definition) is 1. The molecule has 0 aliphatic carbocycles. The average Bonchev–Trinajstić information content (AvgIpc) is 3.11. The van der Waals surface area contributed by atoms with Gasteiger partial charge < -0.3 is 14.2 Å². The molecule has 0 radical (unpaired) electrons. The van der Waals surface area contributed by atoms with Gasteiger partial charge in [-0.15, -0.1) is 23.1 Å². The predicted octanol–water partition coefficient (Wildman–Crippen LogP) is 2.75. The van der Waals surface area contributed by atoms with E-state index in [4.69, 9.17) is 9.26 Å². The number of thiophene rings is 1. The monoisotopic (exact) mass is 349 g/mol. The van der Waals surface area contributed by atoms with Crippen LogP contribution in [0.4, 0.5) is 0 Å². The standard InChI is InChI=1S/C15H15N3O3S2/c1-20-7-9-5-8(18-21-9)6-11-16-13(19)12-10-3-2-4-22-15(10)23-14(12)17-11/h5H,2-4,6-7H2,1H3,(H,16,17,19). The molecule has 0 amide bonds. The van der Waals surface area contributed by atoms with Gasteiger partial charge in [-0.2, -0.15) is 0 Å². The summed E-state index contributed by atoms with van der Waals surface area (Å²) in [7, 11) is 1.60. The quantitative estimate of drug-likeness (QED) is 0.780. The van der Waals surface area contributed by atoms with Crippen molar-refractivity contribution >= 4 is 33.3 Å². The summed E-state index contributed by atoms with van der Waals surface area (Å²) in [6, 6.07) is 1.82. The van der Waals surface area contributed by atoms with Gasteiger partial charge in [-0.1, -0.05) is 5.16 Å². The molecule has 0 spiro atoms. The van der Waals surface area contributed by atoms with E-state index in [1.54, 1.807) is 18.4 Å². The molecule has 0 saturated carbocycles. The number of fused-ring (bicyclic) bond motifs is 3. The zero-order valence-electron chi connectivity index (χ0n) is 12.5. The molecule has 4 rings (SSSR count). The highest BCUT2D eigenvalue weighted by Gasteiger charge is 2.20. The van der Waals surface area contributed by atoms with E-state index in [1.165, 1.54) is 9.77 Å². The van der Waals surface area contributed by atoms with Crippen LogP contribution in [0.2, 0.25) is 0 Å². The summed E-state index contributed by atoms with van der Waals surface area (Å²) >= 11 is 3.45. The molecule has 0 aromatic carbocycles. The Bertz CT molecular complexity index is 912. The Labute approximate surface area is 140 Å². The molecule has 1 aliphatic heterocycles. The second-order valence-corrected chi connectivity index (χ2v) is 7.77. The molecule has 0 fully saturated rings. The van der Waals surface area contributed by atoms with E-state index in [0.717, 1.165) is 34.5 Å². The highest BCUT2D eigenvalue weighted by molar-refractivity contribution is 8.01. The van der Waals surface area contributed by atoms with Crippen LogP contribution in [-0.4, -0.2) is 28.0 Å².